The maximum absolute atomic E-state index is 15.1. The molecule has 0 aromatic heterocycles. The molecule has 0 heterocycles. The predicted molar refractivity (Wildman–Crippen MR) is 180 cm³/mol. The van der Waals surface area contributed by atoms with Gasteiger partial charge in [0.2, 0.25) is 17.6 Å². The van der Waals surface area contributed by atoms with Crippen LogP contribution in [0.5, 0.6) is 0 Å². The Hall–Kier alpha value is -3.57. The van der Waals surface area contributed by atoms with Crippen LogP contribution in [0, 0.1) is 23.7 Å². The van der Waals surface area contributed by atoms with Gasteiger partial charge in [-0.3, -0.25) is 29.4 Å². The van der Waals surface area contributed by atoms with E-state index in [-0.39, 0.29) is 5.92 Å². The Morgan fingerprint density at radius 1 is 0.660 bits per heavy atom. The first kappa shape index (κ1) is 46.4. The molecule has 0 saturated heterocycles. The normalized spacial score (nSPS) is 16.3. The molecule has 7 atom stereocenters. The fourth-order valence-corrected chi connectivity index (χ4v) is 4.42. The van der Waals surface area contributed by atoms with Crippen molar-refractivity contribution < 1.29 is 51.8 Å². The number of rotatable bonds is 21. The minimum Gasteiger partial charge on any atom is -0.467 e. The Morgan fingerprint density at radius 2 is 1.12 bits per heavy atom. The summed E-state index contributed by atoms with van der Waals surface area (Å²) in [5, 5.41) is 4.70. The molecule has 50 heavy (non-hydrogen) atoms. The van der Waals surface area contributed by atoms with Gasteiger partial charge in [0.1, 0.15) is 23.7 Å². The summed E-state index contributed by atoms with van der Waals surface area (Å²) in [6.07, 6.45) is 0.921. The van der Waals surface area contributed by atoms with Gasteiger partial charge in [-0.1, -0.05) is 68.2 Å². The Balaban J connectivity index is 5.73. The number of hydrogen-bond donors (Lipinski definition) is 6. The highest BCUT2D eigenvalue weighted by atomic mass is 19.3. The Kier molecular flexibility index (Phi) is 18.9. The zero-order chi connectivity index (χ0) is 39.3. The van der Waals surface area contributed by atoms with E-state index in [2.05, 4.69) is 26.9 Å². The molecule has 0 spiro atoms. The van der Waals surface area contributed by atoms with Crippen LogP contribution in [-0.4, -0.2) is 90.1 Å². The maximum Gasteiger partial charge on any atom is 0.384 e. The number of amides is 3. The molecular weight excluding hydrogens is 662 g/mol. The molecule has 0 aliphatic heterocycles. The number of hydrazine groups is 2. The third-order valence-corrected chi connectivity index (χ3v) is 8.04. The van der Waals surface area contributed by atoms with Gasteiger partial charge in [-0.15, -0.1) is 0 Å². The fourth-order valence-electron chi connectivity index (χ4n) is 4.42. The largest absolute Gasteiger partial charge is 0.467 e. The van der Waals surface area contributed by atoms with Gasteiger partial charge in [0.15, 0.2) is 0 Å². The van der Waals surface area contributed by atoms with Crippen LogP contribution in [0.15, 0.2) is 0 Å². The molecule has 0 aromatic rings. The zero-order valence-corrected chi connectivity index (χ0v) is 31.5. The molecule has 0 bridgehead atoms. The molecule has 17 heteroatoms. The average Bonchev–Trinajstić information content (AvgIpc) is 3.02. The lowest BCUT2D eigenvalue weighted by Crippen LogP contribution is -2.63. The summed E-state index contributed by atoms with van der Waals surface area (Å²) in [5.41, 5.74) is 8.40. The molecule has 0 aliphatic rings. The number of ketones is 2. The number of Topliss-reactive ketones (excluding diaryl/α,β-unsaturated/α-hetero) is 2. The first-order valence-corrected chi connectivity index (χ1v) is 16.8. The maximum atomic E-state index is 15.1. The number of ether oxygens (including phenoxy) is 2. The highest BCUT2D eigenvalue weighted by molar-refractivity contribution is 6.35. The summed E-state index contributed by atoms with van der Waals surface area (Å²) in [4.78, 5) is 89.0. The lowest BCUT2D eigenvalue weighted by atomic mass is 9.97. The molecule has 6 N–H and O–H groups in total. The Bertz CT molecular complexity index is 1210. The van der Waals surface area contributed by atoms with E-state index in [9.17, 15) is 33.6 Å². The van der Waals surface area contributed by atoms with E-state index in [1.165, 1.54) is 0 Å². The quantitative estimate of drug-likeness (QED) is 0.0431. The topological polar surface area (TPSA) is 210 Å². The van der Waals surface area contributed by atoms with Crippen molar-refractivity contribution in [2.24, 2.45) is 23.7 Å². The van der Waals surface area contributed by atoms with Crippen LogP contribution >= 0.6 is 0 Å². The first-order chi connectivity index (χ1) is 22.9. The van der Waals surface area contributed by atoms with Crippen LogP contribution in [0.4, 0.5) is 8.78 Å². The summed E-state index contributed by atoms with van der Waals surface area (Å²) in [6, 6.07) is -6.47. The number of carbonyl (C=O) groups is 7. The molecule has 288 valence electrons. The van der Waals surface area contributed by atoms with Crippen LogP contribution in [0.3, 0.4) is 0 Å². The Labute approximate surface area is 293 Å². The van der Waals surface area contributed by atoms with Gasteiger partial charge in [0, 0.05) is 0 Å². The third kappa shape index (κ3) is 14.0. The summed E-state index contributed by atoms with van der Waals surface area (Å²) < 4.78 is 40.1. The Morgan fingerprint density at radius 3 is 1.56 bits per heavy atom. The van der Waals surface area contributed by atoms with E-state index in [0.717, 1.165) is 14.0 Å². The van der Waals surface area contributed by atoms with Crippen molar-refractivity contribution >= 4 is 41.2 Å². The molecule has 0 saturated carbocycles. The minimum absolute atomic E-state index is 0.324. The van der Waals surface area contributed by atoms with Crippen molar-refractivity contribution in [2.45, 2.75) is 138 Å². The second-order valence-electron chi connectivity index (χ2n) is 14.1. The number of nitrogens with one attached hydrogen (secondary N) is 6. The number of carbonyl (C=O) groups excluding carboxylic acids is 7. The molecule has 15 nitrogen and oxygen atoms in total. The number of alkyl halides is 2. The first-order valence-electron chi connectivity index (χ1n) is 16.8. The van der Waals surface area contributed by atoms with Crippen LogP contribution in [0.25, 0.3) is 0 Å². The molecule has 2 unspecified atom stereocenters. The van der Waals surface area contributed by atoms with Crippen molar-refractivity contribution in [1.82, 2.24) is 32.3 Å². The van der Waals surface area contributed by atoms with Crippen LogP contribution in [-0.2, 0) is 43.0 Å². The van der Waals surface area contributed by atoms with Crippen molar-refractivity contribution in [2.75, 3.05) is 7.11 Å². The smallest absolute Gasteiger partial charge is 0.384 e. The number of hydrogen-bond acceptors (Lipinski definition) is 12. The highest BCUT2D eigenvalue weighted by Crippen LogP contribution is 2.19. The molecule has 0 rings (SSSR count). The van der Waals surface area contributed by atoms with Crippen LogP contribution in [0.1, 0.15) is 95.9 Å². The summed E-state index contributed by atoms with van der Waals surface area (Å²) >= 11 is 0. The molecule has 0 radical (unpaired) electrons. The van der Waals surface area contributed by atoms with E-state index in [1.54, 1.807) is 81.6 Å². The average molecular weight is 721 g/mol. The lowest BCUT2D eigenvalue weighted by molar-refractivity contribution is -0.164. The molecule has 0 aromatic carbocycles. The molecular formula is C33H58F2N6O9. The van der Waals surface area contributed by atoms with Gasteiger partial charge in [0.05, 0.1) is 19.2 Å². The van der Waals surface area contributed by atoms with Gasteiger partial charge >= 0.3 is 23.8 Å². The molecule has 3 amide bonds. The predicted octanol–water partition coefficient (Wildman–Crippen LogP) is 1.49. The van der Waals surface area contributed by atoms with E-state index in [0.29, 0.717) is 12.8 Å². The van der Waals surface area contributed by atoms with Crippen molar-refractivity contribution in [1.29, 1.82) is 0 Å². The summed E-state index contributed by atoms with van der Waals surface area (Å²) in [5.74, 6) is -14.8. The summed E-state index contributed by atoms with van der Waals surface area (Å²) in [7, 11) is 1.15. The van der Waals surface area contributed by atoms with E-state index in [1.807, 2.05) is 0 Å². The van der Waals surface area contributed by atoms with Crippen LogP contribution in [0.2, 0.25) is 0 Å². The third-order valence-electron chi connectivity index (χ3n) is 8.04. The van der Waals surface area contributed by atoms with Crippen molar-refractivity contribution in [3.05, 3.63) is 0 Å². The van der Waals surface area contributed by atoms with Crippen LogP contribution < -0.4 is 32.3 Å². The van der Waals surface area contributed by atoms with Gasteiger partial charge < -0.3 is 20.1 Å². The number of methoxy groups -OCH3 is 1. The van der Waals surface area contributed by atoms with Gasteiger partial charge in [-0.05, 0) is 51.4 Å². The van der Waals surface area contributed by atoms with Gasteiger partial charge in [-0.25, -0.2) is 25.9 Å². The SMILES string of the molecule is CC[C@H](C)C(NN[C@H](C(=O)C(=O)OC(C)(C)C)C(C)C)C(=O)N[C@@H](C)C(=O)C(F)(F)C(=O)NN[C@H](C(=O)NC(C(=O)OC)[C@@H](C)CC)C(C)C. The van der Waals surface area contributed by atoms with Gasteiger partial charge in [-0.2, -0.15) is 8.78 Å². The second-order valence-corrected chi connectivity index (χ2v) is 14.1. The minimum atomic E-state index is -4.65. The zero-order valence-electron chi connectivity index (χ0n) is 31.5. The van der Waals surface area contributed by atoms with E-state index in [4.69, 9.17) is 9.47 Å². The van der Waals surface area contributed by atoms with Crippen molar-refractivity contribution in [3.63, 3.8) is 0 Å². The highest BCUT2D eigenvalue weighted by Gasteiger charge is 2.50. The van der Waals surface area contributed by atoms with Crippen molar-refractivity contribution in [3.8, 4) is 0 Å². The monoisotopic (exact) mass is 720 g/mol. The summed E-state index contributed by atoms with van der Waals surface area (Å²) in [6.45, 7) is 19.1. The second kappa shape index (κ2) is 20.3. The fraction of sp³-hybridized carbons (Fsp3) is 0.788. The lowest BCUT2D eigenvalue weighted by Gasteiger charge is -2.30. The van der Waals surface area contributed by atoms with E-state index < -0.39 is 101 Å². The number of halogens is 2. The standard InChI is InChI=1S/C33H58F2N6O9/c1-14-18(7)23(40-38-21(16(3)4)25(42)30(47)50-32(10,11)12)28(45)36-20(9)26(43)33(34,35)31(48)41-39-22(17(5)6)27(44)37-24(19(8)15-2)29(46)49-13/h16-24,38-40H,14-15H2,1-13H3,(H,36,45)(H,37,44)(H,41,48)/t18-,19-,20-,21-,22-,23?,24?/m0/s1. The molecule has 0 aliphatic carbocycles. The molecule has 0 fully saturated rings. The van der Waals surface area contributed by atoms with Gasteiger partial charge in [0.25, 0.3) is 5.78 Å². The number of esters is 2. The van der Waals surface area contributed by atoms with E-state index >= 15 is 8.78 Å².